The summed E-state index contributed by atoms with van der Waals surface area (Å²) in [5.74, 6) is -1.29. The first-order valence-corrected chi connectivity index (χ1v) is 10.5. The van der Waals surface area contributed by atoms with Crippen LogP contribution in [0.25, 0.3) is 0 Å². The predicted molar refractivity (Wildman–Crippen MR) is 111 cm³/mol. The van der Waals surface area contributed by atoms with Gasteiger partial charge in [0.05, 0.1) is 10.8 Å². The summed E-state index contributed by atoms with van der Waals surface area (Å²) in [4.78, 5) is 12.4. The third-order valence-corrected chi connectivity index (χ3v) is 6.17. The van der Waals surface area contributed by atoms with Gasteiger partial charge in [-0.1, -0.05) is 48.5 Å². The maximum atomic E-state index is 12.7. The smallest absolute Gasteiger partial charge is 0.261 e. The number of aryl methyl sites for hydroxylation is 2. The number of hydroxylamine groups is 1. The van der Waals surface area contributed by atoms with E-state index in [9.17, 15) is 13.2 Å². The molecule has 1 unspecified atom stereocenters. The molecule has 0 fully saturated rings. The van der Waals surface area contributed by atoms with Crippen LogP contribution >= 0.6 is 0 Å². The lowest BCUT2D eigenvalue weighted by molar-refractivity contribution is -0.129. The van der Waals surface area contributed by atoms with E-state index in [0.29, 0.717) is 16.8 Å². The molecule has 3 aromatic carbocycles. The standard InChI is InChI=1S/C22H22N2O4S/c1-15-8-13-20(14-16(15)2)29(27,28)24-19-11-9-18(10-12-19)21(22(25)23-26)17-6-4-3-5-7-17/h3-14,21,24,26H,1-2H3,(H,23,25). The number of benzene rings is 3. The summed E-state index contributed by atoms with van der Waals surface area (Å²) < 4.78 is 27.9. The van der Waals surface area contributed by atoms with Crippen LogP contribution in [0.2, 0.25) is 0 Å². The number of hydrogen-bond acceptors (Lipinski definition) is 4. The molecule has 3 rings (SSSR count). The molecule has 7 heteroatoms. The van der Waals surface area contributed by atoms with Gasteiger partial charge < -0.3 is 0 Å². The highest BCUT2D eigenvalue weighted by atomic mass is 32.2. The van der Waals surface area contributed by atoms with E-state index in [2.05, 4.69) is 4.72 Å². The minimum absolute atomic E-state index is 0.187. The van der Waals surface area contributed by atoms with E-state index in [4.69, 9.17) is 5.21 Å². The Labute approximate surface area is 170 Å². The molecule has 0 aliphatic rings. The van der Waals surface area contributed by atoms with Gasteiger partial charge in [0.15, 0.2) is 0 Å². The molecule has 0 aliphatic carbocycles. The molecule has 0 heterocycles. The van der Waals surface area contributed by atoms with Crippen molar-refractivity contribution in [1.82, 2.24) is 5.48 Å². The number of anilines is 1. The number of hydrogen-bond donors (Lipinski definition) is 3. The van der Waals surface area contributed by atoms with E-state index in [1.807, 2.05) is 19.9 Å². The van der Waals surface area contributed by atoms with Crippen LogP contribution in [0.15, 0.2) is 77.7 Å². The zero-order valence-corrected chi connectivity index (χ0v) is 16.9. The van der Waals surface area contributed by atoms with Crippen molar-refractivity contribution in [2.75, 3.05) is 4.72 Å². The molecule has 3 aromatic rings. The average molecular weight is 410 g/mol. The monoisotopic (exact) mass is 410 g/mol. The second kappa shape index (κ2) is 8.46. The van der Waals surface area contributed by atoms with Gasteiger partial charge in [-0.25, -0.2) is 13.9 Å². The Balaban J connectivity index is 1.87. The van der Waals surface area contributed by atoms with E-state index in [1.54, 1.807) is 72.2 Å². The Morgan fingerprint density at radius 2 is 1.48 bits per heavy atom. The zero-order valence-electron chi connectivity index (χ0n) is 16.1. The van der Waals surface area contributed by atoms with Crippen LogP contribution in [0, 0.1) is 13.8 Å². The van der Waals surface area contributed by atoms with Gasteiger partial charge in [-0.2, -0.15) is 0 Å². The fourth-order valence-electron chi connectivity index (χ4n) is 3.04. The van der Waals surface area contributed by atoms with Gasteiger partial charge in [0, 0.05) is 5.69 Å². The lowest BCUT2D eigenvalue weighted by Crippen LogP contribution is -2.27. The van der Waals surface area contributed by atoms with Gasteiger partial charge >= 0.3 is 0 Å². The number of carbonyl (C=O) groups excluding carboxylic acids is 1. The van der Waals surface area contributed by atoms with E-state index in [1.165, 1.54) is 0 Å². The fraction of sp³-hybridized carbons (Fsp3) is 0.136. The molecule has 3 N–H and O–H groups in total. The molecule has 150 valence electrons. The van der Waals surface area contributed by atoms with Gasteiger partial charge in [-0.3, -0.25) is 14.7 Å². The molecule has 0 saturated heterocycles. The van der Waals surface area contributed by atoms with Crippen LogP contribution in [0.4, 0.5) is 5.69 Å². The van der Waals surface area contributed by atoms with Crippen molar-refractivity contribution in [2.24, 2.45) is 0 Å². The number of rotatable bonds is 6. The highest BCUT2D eigenvalue weighted by Gasteiger charge is 2.22. The first-order valence-electron chi connectivity index (χ1n) is 9.01. The van der Waals surface area contributed by atoms with Gasteiger partial charge in [-0.15, -0.1) is 0 Å². The van der Waals surface area contributed by atoms with Crippen LogP contribution in [0.5, 0.6) is 0 Å². The summed E-state index contributed by atoms with van der Waals surface area (Å²) in [6.45, 7) is 3.78. The average Bonchev–Trinajstić information content (AvgIpc) is 2.72. The van der Waals surface area contributed by atoms with Crippen molar-refractivity contribution >= 4 is 21.6 Å². The van der Waals surface area contributed by atoms with Crippen LogP contribution in [-0.2, 0) is 14.8 Å². The van der Waals surface area contributed by atoms with E-state index in [0.717, 1.165) is 11.1 Å². The summed E-state index contributed by atoms with van der Waals surface area (Å²) in [5.41, 5.74) is 5.32. The highest BCUT2D eigenvalue weighted by Crippen LogP contribution is 2.27. The molecule has 0 saturated carbocycles. The predicted octanol–water partition coefficient (Wildman–Crippen LogP) is 3.74. The second-order valence-electron chi connectivity index (χ2n) is 6.79. The first-order chi connectivity index (χ1) is 13.8. The zero-order chi connectivity index (χ0) is 21.0. The quantitative estimate of drug-likeness (QED) is 0.426. The number of sulfonamides is 1. The highest BCUT2D eigenvalue weighted by molar-refractivity contribution is 7.92. The Bertz CT molecular complexity index is 1110. The summed E-state index contributed by atoms with van der Waals surface area (Å²) in [6, 6.07) is 20.5. The van der Waals surface area contributed by atoms with Crippen molar-refractivity contribution in [3.05, 3.63) is 95.1 Å². The van der Waals surface area contributed by atoms with Gasteiger partial charge in [0.25, 0.3) is 15.9 Å². The summed E-state index contributed by atoms with van der Waals surface area (Å²) in [6.07, 6.45) is 0. The SMILES string of the molecule is Cc1ccc(S(=O)(=O)Nc2ccc(C(C(=O)NO)c3ccccc3)cc2)cc1C. The molecular weight excluding hydrogens is 388 g/mol. The Morgan fingerprint density at radius 1 is 0.862 bits per heavy atom. The minimum atomic E-state index is -3.73. The summed E-state index contributed by atoms with van der Waals surface area (Å²) in [7, 11) is -3.73. The van der Waals surface area contributed by atoms with E-state index in [-0.39, 0.29) is 4.90 Å². The van der Waals surface area contributed by atoms with Crippen molar-refractivity contribution in [3.63, 3.8) is 0 Å². The minimum Gasteiger partial charge on any atom is -0.289 e. The van der Waals surface area contributed by atoms with Crippen LogP contribution in [0.3, 0.4) is 0 Å². The van der Waals surface area contributed by atoms with Gasteiger partial charge in [0.1, 0.15) is 0 Å². The normalized spacial score (nSPS) is 12.2. The molecule has 0 aromatic heterocycles. The van der Waals surface area contributed by atoms with Crippen LogP contribution < -0.4 is 10.2 Å². The Kier molecular flexibility index (Phi) is 6.00. The van der Waals surface area contributed by atoms with Crippen molar-refractivity contribution in [1.29, 1.82) is 0 Å². The van der Waals surface area contributed by atoms with E-state index < -0.39 is 21.8 Å². The van der Waals surface area contributed by atoms with Gasteiger partial charge in [0.2, 0.25) is 0 Å². The van der Waals surface area contributed by atoms with Crippen LogP contribution in [0.1, 0.15) is 28.2 Å². The summed E-state index contributed by atoms with van der Waals surface area (Å²) in [5, 5.41) is 9.11. The fourth-order valence-corrected chi connectivity index (χ4v) is 4.19. The second-order valence-corrected chi connectivity index (χ2v) is 8.48. The molecule has 0 bridgehead atoms. The van der Waals surface area contributed by atoms with Crippen LogP contribution in [-0.4, -0.2) is 19.5 Å². The molecule has 0 spiro atoms. The lowest BCUT2D eigenvalue weighted by Gasteiger charge is -2.16. The van der Waals surface area contributed by atoms with Crippen molar-refractivity contribution in [2.45, 2.75) is 24.7 Å². The third kappa shape index (κ3) is 4.64. The molecule has 1 amide bonds. The largest absolute Gasteiger partial charge is 0.289 e. The molecule has 1 atom stereocenters. The Morgan fingerprint density at radius 3 is 2.07 bits per heavy atom. The summed E-state index contributed by atoms with van der Waals surface area (Å²) >= 11 is 0. The maximum absolute atomic E-state index is 12.7. The third-order valence-electron chi connectivity index (χ3n) is 4.79. The maximum Gasteiger partial charge on any atom is 0.261 e. The van der Waals surface area contributed by atoms with E-state index >= 15 is 0 Å². The molecule has 29 heavy (non-hydrogen) atoms. The lowest BCUT2D eigenvalue weighted by atomic mass is 9.90. The van der Waals surface area contributed by atoms with Crippen molar-refractivity contribution in [3.8, 4) is 0 Å². The molecular formula is C22H22N2O4S. The molecule has 0 radical (unpaired) electrons. The number of amides is 1. The Hall–Kier alpha value is -3.16. The number of carbonyl (C=O) groups is 1. The number of nitrogens with one attached hydrogen (secondary N) is 2. The molecule has 6 nitrogen and oxygen atoms in total. The first kappa shape index (κ1) is 20.6. The molecule has 0 aliphatic heterocycles. The van der Waals surface area contributed by atoms with Crippen molar-refractivity contribution < 1.29 is 18.4 Å². The van der Waals surface area contributed by atoms with Gasteiger partial charge in [-0.05, 0) is 60.4 Å². The topological polar surface area (TPSA) is 95.5 Å².